The topological polar surface area (TPSA) is 72.5 Å². The van der Waals surface area contributed by atoms with Gasteiger partial charge in [0.2, 0.25) is 5.91 Å². The third-order valence-electron chi connectivity index (χ3n) is 3.86. The summed E-state index contributed by atoms with van der Waals surface area (Å²) in [6.07, 6.45) is 0.592. The smallest absolute Gasteiger partial charge is 0.227 e. The van der Waals surface area contributed by atoms with Crippen LogP contribution in [0.5, 0.6) is 5.75 Å². The Balaban J connectivity index is 1.65. The maximum atomic E-state index is 12.3. The van der Waals surface area contributed by atoms with E-state index in [4.69, 9.17) is 16.3 Å². The first kappa shape index (κ1) is 14.7. The molecule has 1 amide bonds. The van der Waals surface area contributed by atoms with Crippen molar-refractivity contribution in [2.45, 2.75) is 17.8 Å². The van der Waals surface area contributed by atoms with Crippen LogP contribution in [0.25, 0.3) is 0 Å². The molecule has 2 aliphatic rings. The fourth-order valence-electron chi connectivity index (χ4n) is 2.73. The number of sulfone groups is 1. The number of amides is 1. The fraction of sp³-hybridized carbons (Fsp3) is 0.500. The van der Waals surface area contributed by atoms with Crippen molar-refractivity contribution < 1.29 is 17.9 Å². The van der Waals surface area contributed by atoms with Gasteiger partial charge in [0.05, 0.1) is 28.8 Å². The number of para-hydroxylation sites is 1. The number of hydrogen-bond acceptors (Lipinski definition) is 4. The highest BCUT2D eigenvalue weighted by Crippen LogP contribution is 2.27. The predicted molar refractivity (Wildman–Crippen MR) is 79.4 cm³/mol. The number of carbonyl (C=O) groups excluding carboxylic acids is 1. The molecule has 3 atom stereocenters. The summed E-state index contributed by atoms with van der Waals surface area (Å²) in [5, 5.41) is 2.20. The van der Waals surface area contributed by atoms with Crippen LogP contribution in [0.2, 0.25) is 0 Å². The molecule has 1 aromatic carbocycles. The number of hydrogen-bond donors (Lipinski definition) is 1. The summed E-state index contributed by atoms with van der Waals surface area (Å²) < 4.78 is 28.6. The van der Waals surface area contributed by atoms with Gasteiger partial charge in [0.15, 0.2) is 9.84 Å². The molecule has 0 aliphatic carbocycles. The van der Waals surface area contributed by atoms with E-state index in [9.17, 15) is 13.2 Å². The Bertz CT molecular complexity index is 661. The van der Waals surface area contributed by atoms with Gasteiger partial charge in [-0.25, -0.2) is 8.42 Å². The quantitative estimate of drug-likeness (QED) is 0.813. The van der Waals surface area contributed by atoms with Gasteiger partial charge in [0.1, 0.15) is 12.4 Å². The van der Waals surface area contributed by atoms with E-state index in [2.05, 4.69) is 5.32 Å². The highest BCUT2D eigenvalue weighted by Gasteiger charge is 2.38. The molecule has 0 radical (unpaired) electrons. The number of halogens is 1. The summed E-state index contributed by atoms with van der Waals surface area (Å²) in [6, 6.07) is 7.09. The van der Waals surface area contributed by atoms with Crippen molar-refractivity contribution in [2.24, 2.45) is 5.92 Å². The maximum Gasteiger partial charge on any atom is 0.227 e. The second-order valence-electron chi connectivity index (χ2n) is 5.53. The molecular formula is C14H16ClNO4S. The van der Waals surface area contributed by atoms with E-state index in [-0.39, 0.29) is 23.3 Å². The molecule has 0 bridgehead atoms. The second kappa shape index (κ2) is 5.50. The molecule has 3 unspecified atom stereocenters. The number of fused-ring (bicyclic) bond motifs is 1. The number of benzene rings is 1. The Labute approximate surface area is 128 Å². The summed E-state index contributed by atoms with van der Waals surface area (Å²) in [5.74, 6) is 0.130. The van der Waals surface area contributed by atoms with Crippen molar-refractivity contribution in [2.75, 3.05) is 18.1 Å². The molecule has 0 aromatic heterocycles. The first-order chi connectivity index (χ1) is 9.94. The van der Waals surface area contributed by atoms with E-state index in [1.807, 2.05) is 24.3 Å². The minimum atomic E-state index is -3.15. The van der Waals surface area contributed by atoms with E-state index >= 15 is 0 Å². The standard InChI is InChI=1S/C14H16ClNO4S/c15-11-7-21(18,19)8-12(11)16-14(17)10-5-9-3-1-2-4-13(9)20-6-10/h1-4,10-12H,5-8H2,(H,16,17). The highest BCUT2D eigenvalue weighted by molar-refractivity contribution is 7.91. The Morgan fingerprint density at radius 2 is 2.05 bits per heavy atom. The Kier molecular flexibility index (Phi) is 3.84. The molecule has 1 saturated heterocycles. The Hall–Kier alpha value is -1.27. The summed E-state index contributed by atoms with van der Waals surface area (Å²) in [4.78, 5) is 12.3. The average Bonchev–Trinajstić information content (AvgIpc) is 2.70. The van der Waals surface area contributed by atoms with Crippen molar-refractivity contribution in [3.63, 3.8) is 0 Å². The van der Waals surface area contributed by atoms with Crippen molar-refractivity contribution in [3.05, 3.63) is 29.8 Å². The van der Waals surface area contributed by atoms with Crippen LogP contribution >= 0.6 is 11.6 Å². The van der Waals surface area contributed by atoms with Crippen LogP contribution in [-0.2, 0) is 21.1 Å². The van der Waals surface area contributed by atoms with Crippen molar-refractivity contribution >= 4 is 27.3 Å². The lowest BCUT2D eigenvalue weighted by atomic mass is 9.96. The largest absolute Gasteiger partial charge is 0.492 e. The predicted octanol–water partition coefficient (Wildman–Crippen LogP) is 0.758. The number of carbonyl (C=O) groups is 1. The van der Waals surface area contributed by atoms with Gasteiger partial charge in [0, 0.05) is 0 Å². The van der Waals surface area contributed by atoms with E-state index in [1.165, 1.54) is 0 Å². The summed E-state index contributed by atoms with van der Waals surface area (Å²) in [6.45, 7) is 0.301. The van der Waals surface area contributed by atoms with Crippen molar-refractivity contribution in [1.82, 2.24) is 5.32 Å². The van der Waals surface area contributed by atoms with Crippen LogP contribution in [0, 0.1) is 5.92 Å². The number of nitrogens with one attached hydrogen (secondary N) is 1. The zero-order valence-electron chi connectivity index (χ0n) is 11.3. The lowest BCUT2D eigenvalue weighted by molar-refractivity contribution is -0.126. The first-order valence-electron chi connectivity index (χ1n) is 6.80. The summed E-state index contributed by atoms with van der Waals surface area (Å²) in [7, 11) is -3.15. The zero-order valence-corrected chi connectivity index (χ0v) is 12.9. The Morgan fingerprint density at radius 3 is 2.76 bits per heavy atom. The molecule has 2 aliphatic heterocycles. The van der Waals surface area contributed by atoms with Crippen molar-refractivity contribution in [3.8, 4) is 5.75 Å². The minimum absolute atomic E-state index is 0.0799. The normalized spacial score (nSPS) is 30.2. The van der Waals surface area contributed by atoms with Gasteiger partial charge in [-0.05, 0) is 18.1 Å². The number of ether oxygens (including phenoxy) is 1. The van der Waals surface area contributed by atoms with Crippen molar-refractivity contribution in [1.29, 1.82) is 0 Å². The van der Waals surface area contributed by atoms with Gasteiger partial charge in [-0.15, -0.1) is 11.6 Å². The Morgan fingerprint density at radius 1 is 1.29 bits per heavy atom. The SMILES string of the molecule is O=C(NC1CS(=O)(=O)CC1Cl)C1COc2ccccc2C1. The highest BCUT2D eigenvalue weighted by atomic mass is 35.5. The molecule has 114 valence electrons. The van der Waals surface area contributed by atoms with Crippen LogP contribution in [-0.4, -0.2) is 43.9 Å². The summed E-state index contributed by atoms with van der Waals surface area (Å²) >= 11 is 6.00. The second-order valence-corrected chi connectivity index (χ2v) is 8.24. The molecule has 0 spiro atoms. The van der Waals surface area contributed by atoms with Gasteiger partial charge in [-0.2, -0.15) is 0 Å². The van der Waals surface area contributed by atoms with Crippen LogP contribution < -0.4 is 10.1 Å². The summed E-state index contributed by atoms with van der Waals surface area (Å²) in [5.41, 5.74) is 0.991. The molecule has 1 fully saturated rings. The lowest BCUT2D eigenvalue weighted by Crippen LogP contribution is -2.46. The van der Waals surface area contributed by atoms with E-state index in [0.29, 0.717) is 13.0 Å². The minimum Gasteiger partial charge on any atom is -0.492 e. The molecule has 1 aromatic rings. The van der Waals surface area contributed by atoms with E-state index in [1.54, 1.807) is 0 Å². The van der Waals surface area contributed by atoms with Gasteiger partial charge in [-0.1, -0.05) is 18.2 Å². The lowest BCUT2D eigenvalue weighted by Gasteiger charge is -2.26. The van der Waals surface area contributed by atoms with E-state index in [0.717, 1.165) is 11.3 Å². The van der Waals surface area contributed by atoms with Gasteiger partial charge < -0.3 is 10.1 Å². The van der Waals surface area contributed by atoms with Crippen LogP contribution in [0.15, 0.2) is 24.3 Å². The first-order valence-corrected chi connectivity index (χ1v) is 9.06. The molecule has 1 N–H and O–H groups in total. The molecule has 0 saturated carbocycles. The molecule has 21 heavy (non-hydrogen) atoms. The number of rotatable bonds is 2. The number of alkyl halides is 1. The maximum absolute atomic E-state index is 12.3. The van der Waals surface area contributed by atoms with Gasteiger partial charge in [-0.3, -0.25) is 4.79 Å². The molecule has 3 rings (SSSR count). The monoisotopic (exact) mass is 329 g/mol. The van der Waals surface area contributed by atoms with Gasteiger partial charge >= 0.3 is 0 Å². The molecule has 2 heterocycles. The van der Waals surface area contributed by atoms with Gasteiger partial charge in [0.25, 0.3) is 0 Å². The van der Waals surface area contributed by atoms with Crippen LogP contribution in [0.3, 0.4) is 0 Å². The average molecular weight is 330 g/mol. The molecule has 5 nitrogen and oxygen atoms in total. The third kappa shape index (κ3) is 3.16. The molecular weight excluding hydrogens is 314 g/mol. The van der Waals surface area contributed by atoms with Crippen LogP contribution in [0.1, 0.15) is 5.56 Å². The molecule has 7 heteroatoms. The zero-order chi connectivity index (χ0) is 15.0. The third-order valence-corrected chi connectivity index (χ3v) is 6.24. The van der Waals surface area contributed by atoms with E-state index < -0.39 is 21.3 Å². The fourth-order valence-corrected chi connectivity index (χ4v) is 5.28. The van der Waals surface area contributed by atoms with Crippen LogP contribution in [0.4, 0.5) is 0 Å².